The van der Waals surface area contributed by atoms with Gasteiger partial charge in [-0.2, -0.15) is 0 Å². The zero-order valence-electron chi connectivity index (χ0n) is 13.1. The average Bonchev–Trinajstić information content (AvgIpc) is 2.58. The summed E-state index contributed by atoms with van der Waals surface area (Å²) in [5.41, 5.74) is 0.595. The molecular formula is C18H16ClFN2O2. The predicted molar refractivity (Wildman–Crippen MR) is 90.7 cm³/mol. The third-order valence-electron chi connectivity index (χ3n) is 4.16. The SMILES string of the molecule is CC1C(=O)N(c2ccccc2F)CCN1C(=O)c1ccccc1Cl. The van der Waals surface area contributed by atoms with Crippen molar-refractivity contribution in [1.82, 2.24) is 4.90 Å². The van der Waals surface area contributed by atoms with Crippen molar-refractivity contribution in [2.24, 2.45) is 0 Å². The minimum atomic E-state index is -0.692. The quantitative estimate of drug-likeness (QED) is 0.836. The lowest BCUT2D eigenvalue weighted by atomic mass is 10.1. The van der Waals surface area contributed by atoms with Crippen LogP contribution in [0, 0.1) is 5.82 Å². The molecule has 124 valence electrons. The number of hydrogen-bond donors (Lipinski definition) is 0. The normalized spacial score (nSPS) is 18.0. The van der Waals surface area contributed by atoms with Crippen molar-refractivity contribution >= 4 is 29.1 Å². The molecule has 24 heavy (non-hydrogen) atoms. The van der Waals surface area contributed by atoms with Gasteiger partial charge in [-0.25, -0.2) is 4.39 Å². The molecule has 2 aromatic rings. The number of nitrogens with zero attached hydrogens (tertiary/aromatic N) is 2. The number of piperazine rings is 1. The molecule has 2 amide bonds. The van der Waals surface area contributed by atoms with Gasteiger partial charge in [-0.15, -0.1) is 0 Å². The van der Waals surface area contributed by atoms with Gasteiger partial charge in [0.15, 0.2) is 0 Å². The van der Waals surface area contributed by atoms with E-state index in [0.717, 1.165) is 0 Å². The summed E-state index contributed by atoms with van der Waals surface area (Å²) >= 11 is 6.08. The van der Waals surface area contributed by atoms with Crippen LogP contribution in [-0.4, -0.2) is 35.8 Å². The number of carbonyl (C=O) groups excluding carboxylic acids is 2. The molecular weight excluding hydrogens is 331 g/mol. The number of amides is 2. The van der Waals surface area contributed by atoms with Gasteiger partial charge < -0.3 is 9.80 Å². The van der Waals surface area contributed by atoms with Crippen LogP contribution in [0.2, 0.25) is 5.02 Å². The van der Waals surface area contributed by atoms with Gasteiger partial charge in [0.25, 0.3) is 5.91 Å². The van der Waals surface area contributed by atoms with E-state index in [9.17, 15) is 14.0 Å². The summed E-state index contributed by atoms with van der Waals surface area (Å²) < 4.78 is 14.0. The third-order valence-corrected chi connectivity index (χ3v) is 4.49. The Labute approximate surface area is 144 Å². The summed E-state index contributed by atoms with van der Waals surface area (Å²) in [6, 6.07) is 12.2. The number of halogens is 2. The zero-order valence-corrected chi connectivity index (χ0v) is 13.8. The minimum Gasteiger partial charge on any atom is -0.325 e. The van der Waals surface area contributed by atoms with Crippen LogP contribution in [0.4, 0.5) is 10.1 Å². The van der Waals surface area contributed by atoms with E-state index < -0.39 is 11.9 Å². The first-order chi connectivity index (χ1) is 11.5. The second-order valence-corrected chi connectivity index (χ2v) is 6.00. The van der Waals surface area contributed by atoms with Gasteiger partial charge >= 0.3 is 0 Å². The van der Waals surface area contributed by atoms with Gasteiger partial charge in [-0.05, 0) is 31.2 Å². The van der Waals surface area contributed by atoms with Crippen molar-refractivity contribution in [3.63, 3.8) is 0 Å². The van der Waals surface area contributed by atoms with Crippen molar-refractivity contribution in [3.8, 4) is 0 Å². The van der Waals surface area contributed by atoms with E-state index in [4.69, 9.17) is 11.6 Å². The molecule has 0 radical (unpaired) electrons. The number of para-hydroxylation sites is 1. The molecule has 1 unspecified atom stereocenters. The Balaban J connectivity index is 1.84. The van der Waals surface area contributed by atoms with Crippen LogP contribution >= 0.6 is 11.6 Å². The first-order valence-electron chi connectivity index (χ1n) is 7.62. The highest BCUT2D eigenvalue weighted by Crippen LogP contribution is 2.25. The lowest BCUT2D eigenvalue weighted by Gasteiger charge is -2.39. The largest absolute Gasteiger partial charge is 0.325 e. The fourth-order valence-corrected chi connectivity index (χ4v) is 3.06. The van der Waals surface area contributed by atoms with Crippen molar-refractivity contribution in [1.29, 1.82) is 0 Å². The van der Waals surface area contributed by atoms with E-state index in [2.05, 4.69) is 0 Å². The predicted octanol–water partition coefficient (Wildman–Crippen LogP) is 3.36. The summed E-state index contributed by atoms with van der Waals surface area (Å²) in [6.07, 6.45) is 0. The minimum absolute atomic E-state index is 0.235. The molecule has 2 aromatic carbocycles. The van der Waals surface area contributed by atoms with E-state index in [1.54, 1.807) is 49.4 Å². The number of rotatable bonds is 2. The highest BCUT2D eigenvalue weighted by atomic mass is 35.5. The molecule has 3 rings (SSSR count). The molecule has 1 saturated heterocycles. The molecule has 0 aliphatic carbocycles. The van der Waals surface area contributed by atoms with E-state index >= 15 is 0 Å². The topological polar surface area (TPSA) is 40.6 Å². The van der Waals surface area contributed by atoms with Crippen molar-refractivity contribution < 1.29 is 14.0 Å². The van der Waals surface area contributed by atoms with Crippen LogP contribution in [0.25, 0.3) is 0 Å². The zero-order chi connectivity index (χ0) is 17.3. The Morgan fingerprint density at radius 2 is 1.79 bits per heavy atom. The third kappa shape index (κ3) is 2.87. The van der Waals surface area contributed by atoms with E-state index in [0.29, 0.717) is 17.1 Å². The summed E-state index contributed by atoms with van der Waals surface area (Å²) in [4.78, 5) is 28.2. The van der Waals surface area contributed by atoms with Crippen LogP contribution in [0.3, 0.4) is 0 Å². The second-order valence-electron chi connectivity index (χ2n) is 5.60. The summed E-state index contributed by atoms with van der Waals surface area (Å²) in [5, 5.41) is 0.346. The lowest BCUT2D eigenvalue weighted by Crippen LogP contribution is -2.58. The van der Waals surface area contributed by atoms with Gasteiger partial charge in [0, 0.05) is 13.1 Å². The maximum absolute atomic E-state index is 14.0. The molecule has 0 aromatic heterocycles. The lowest BCUT2D eigenvalue weighted by molar-refractivity contribution is -0.124. The van der Waals surface area contributed by atoms with E-state index in [-0.39, 0.29) is 24.0 Å². The maximum atomic E-state index is 14.0. The van der Waals surface area contributed by atoms with Gasteiger partial charge in [-0.3, -0.25) is 9.59 Å². The first-order valence-corrected chi connectivity index (χ1v) is 8.00. The van der Waals surface area contributed by atoms with Crippen LogP contribution in [0.1, 0.15) is 17.3 Å². The Bertz CT molecular complexity index is 796. The standard InChI is InChI=1S/C18H16ClFN2O2/c1-12-17(23)22(16-9-5-4-8-15(16)20)11-10-21(12)18(24)13-6-2-3-7-14(13)19/h2-9,12H,10-11H2,1H3. The van der Waals surface area contributed by atoms with Crippen LogP contribution in [0.15, 0.2) is 48.5 Å². The molecule has 1 fully saturated rings. The molecule has 4 nitrogen and oxygen atoms in total. The Hall–Kier alpha value is -2.40. The number of anilines is 1. The molecule has 0 bridgehead atoms. The number of benzene rings is 2. The number of carbonyl (C=O) groups is 2. The van der Waals surface area contributed by atoms with Crippen molar-refractivity contribution in [2.45, 2.75) is 13.0 Å². The van der Waals surface area contributed by atoms with Gasteiger partial charge in [0.05, 0.1) is 16.3 Å². The monoisotopic (exact) mass is 346 g/mol. The molecule has 6 heteroatoms. The van der Waals surface area contributed by atoms with E-state index in [1.807, 2.05) is 0 Å². The van der Waals surface area contributed by atoms with Crippen LogP contribution in [-0.2, 0) is 4.79 Å². The average molecular weight is 347 g/mol. The van der Waals surface area contributed by atoms with Crippen LogP contribution < -0.4 is 4.90 Å². The Morgan fingerprint density at radius 3 is 2.50 bits per heavy atom. The molecule has 1 aliphatic rings. The summed E-state index contributed by atoms with van der Waals surface area (Å²) in [5.74, 6) is -1.06. The summed E-state index contributed by atoms with van der Waals surface area (Å²) in [7, 11) is 0. The fourth-order valence-electron chi connectivity index (χ4n) is 2.85. The summed E-state index contributed by atoms with van der Waals surface area (Å²) in [6.45, 7) is 2.19. The maximum Gasteiger partial charge on any atom is 0.256 e. The van der Waals surface area contributed by atoms with Gasteiger partial charge in [-0.1, -0.05) is 35.9 Å². The highest BCUT2D eigenvalue weighted by Gasteiger charge is 2.36. The second kappa shape index (κ2) is 6.61. The first kappa shape index (κ1) is 16.5. The molecule has 1 atom stereocenters. The molecule has 1 heterocycles. The Kier molecular flexibility index (Phi) is 4.53. The molecule has 0 saturated carbocycles. The smallest absolute Gasteiger partial charge is 0.256 e. The number of hydrogen-bond acceptors (Lipinski definition) is 2. The molecule has 0 N–H and O–H groups in total. The van der Waals surface area contributed by atoms with Crippen molar-refractivity contribution in [2.75, 3.05) is 18.0 Å². The fraction of sp³-hybridized carbons (Fsp3) is 0.222. The Morgan fingerprint density at radius 1 is 1.12 bits per heavy atom. The van der Waals surface area contributed by atoms with Crippen molar-refractivity contribution in [3.05, 3.63) is 64.9 Å². The molecule has 1 aliphatic heterocycles. The molecule has 0 spiro atoms. The van der Waals surface area contributed by atoms with E-state index in [1.165, 1.54) is 15.9 Å². The van der Waals surface area contributed by atoms with Crippen LogP contribution in [0.5, 0.6) is 0 Å². The van der Waals surface area contributed by atoms with Gasteiger partial charge in [0.2, 0.25) is 5.91 Å². The van der Waals surface area contributed by atoms with Gasteiger partial charge in [0.1, 0.15) is 11.9 Å². The highest BCUT2D eigenvalue weighted by molar-refractivity contribution is 6.33.